The fourth-order valence-electron chi connectivity index (χ4n) is 3.24. The van der Waals surface area contributed by atoms with Crippen molar-refractivity contribution in [2.45, 2.75) is 25.3 Å². The van der Waals surface area contributed by atoms with Crippen molar-refractivity contribution < 1.29 is 26.3 Å². The van der Waals surface area contributed by atoms with E-state index in [1.165, 1.54) is 24.3 Å². The van der Waals surface area contributed by atoms with Crippen LogP contribution in [0, 0.1) is 0 Å². The first-order chi connectivity index (χ1) is 16.0. The highest BCUT2D eigenvalue weighted by Crippen LogP contribution is 2.36. The second-order valence-electron chi connectivity index (χ2n) is 7.33. The molecule has 1 aromatic heterocycles. The van der Waals surface area contributed by atoms with E-state index in [2.05, 4.69) is 20.6 Å². The van der Waals surface area contributed by atoms with Crippen LogP contribution in [-0.2, 0) is 18.9 Å². The summed E-state index contributed by atoms with van der Waals surface area (Å²) in [5.41, 5.74) is 2.15. The van der Waals surface area contributed by atoms with Gasteiger partial charge in [-0.2, -0.15) is 26.3 Å². The summed E-state index contributed by atoms with van der Waals surface area (Å²) < 4.78 is 80.3. The van der Waals surface area contributed by atoms with Crippen LogP contribution in [0.2, 0.25) is 0 Å². The topological polar surface area (TPSA) is 95.8 Å². The number of nitrogens with two attached hydrogens (primary N) is 1. The standard InChI is InChI=1S/C22H21F6N5O/c23-21(24,25)16-4-1-2-5-18(16)32-20-31-12-15(19(34)33-20)13-6-7-14(11-30-9-3-8-29)17(10-13)22(26,27)28/h1-2,4-7,10,12,30H,3,8-9,11,29H2,(H2,31,32,33,34). The second kappa shape index (κ2) is 10.3. The molecule has 6 nitrogen and oxygen atoms in total. The molecule has 0 atom stereocenters. The summed E-state index contributed by atoms with van der Waals surface area (Å²) in [7, 11) is 0. The summed E-state index contributed by atoms with van der Waals surface area (Å²) in [6, 6.07) is 8.06. The molecule has 0 amide bonds. The van der Waals surface area contributed by atoms with Crippen LogP contribution < -0.4 is 21.9 Å². The van der Waals surface area contributed by atoms with Crippen LogP contribution in [0.3, 0.4) is 0 Å². The average molecular weight is 485 g/mol. The van der Waals surface area contributed by atoms with Gasteiger partial charge in [0.2, 0.25) is 5.95 Å². The molecule has 0 bridgehead atoms. The van der Waals surface area contributed by atoms with Crippen LogP contribution in [0.15, 0.2) is 53.5 Å². The second-order valence-corrected chi connectivity index (χ2v) is 7.33. The number of alkyl halides is 6. The Balaban J connectivity index is 1.90. The number of rotatable bonds is 8. The summed E-state index contributed by atoms with van der Waals surface area (Å²) in [5, 5.41) is 5.28. The van der Waals surface area contributed by atoms with Crippen LogP contribution in [0.25, 0.3) is 11.1 Å². The number of aromatic nitrogens is 2. The van der Waals surface area contributed by atoms with Gasteiger partial charge in [-0.25, -0.2) is 4.98 Å². The normalized spacial score (nSPS) is 12.1. The number of anilines is 2. The number of aromatic amines is 1. The molecule has 0 radical (unpaired) electrons. The van der Waals surface area contributed by atoms with Crippen molar-refractivity contribution in [3.8, 4) is 11.1 Å². The summed E-state index contributed by atoms with van der Waals surface area (Å²) in [6.07, 6.45) is -7.69. The first kappa shape index (κ1) is 25.2. The first-order valence-corrected chi connectivity index (χ1v) is 10.1. The molecular formula is C22H21F6N5O. The maximum absolute atomic E-state index is 13.6. The van der Waals surface area contributed by atoms with E-state index in [4.69, 9.17) is 5.73 Å². The maximum atomic E-state index is 13.6. The first-order valence-electron chi connectivity index (χ1n) is 10.1. The van der Waals surface area contributed by atoms with Gasteiger partial charge in [-0.3, -0.25) is 9.78 Å². The van der Waals surface area contributed by atoms with Gasteiger partial charge in [-0.05, 0) is 48.8 Å². The van der Waals surface area contributed by atoms with Gasteiger partial charge in [-0.15, -0.1) is 0 Å². The molecule has 0 aliphatic heterocycles. The SMILES string of the molecule is NCCCNCc1ccc(-c2cnc(Nc3ccccc3C(F)(F)F)[nH]c2=O)cc1C(F)(F)F. The number of benzene rings is 2. The molecule has 3 rings (SSSR count). The number of hydrogen-bond acceptors (Lipinski definition) is 5. The van der Waals surface area contributed by atoms with Crippen molar-refractivity contribution in [3.05, 3.63) is 75.7 Å². The van der Waals surface area contributed by atoms with E-state index in [0.29, 0.717) is 19.5 Å². The molecule has 0 spiro atoms. The monoisotopic (exact) mass is 485 g/mol. The number of hydrogen-bond donors (Lipinski definition) is 4. The Labute approximate surface area is 190 Å². The third-order valence-electron chi connectivity index (χ3n) is 4.88. The third kappa shape index (κ3) is 6.14. The van der Waals surface area contributed by atoms with Gasteiger partial charge < -0.3 is 16.4 Å². The van der Waals surface area contributed by atoms with Crippen molar-refractivity contribution in [3.63, 3.8) is 0 Å². The van der Waals surface area contributed by atoms with Crippen LogP contribution in [-0.4, -0.2) is 23.1 Å². The van der Waals surface area contributed by atoms with E-state index in [0.717, 1.165) is 24.4 Å². The van der Waals surface area contributed by atoms with E-state index in [1.807, 2.05) is 0 Å². The molecule has 5 N–H and O–H groups in total. The highest BCUT2D eigenvalue weighted by atomic mass is 19.4. The molecule has 0 unspecified atom stereocenters. The lowest BCUT2D eigenvalue weighted by molar-refractivity contribution is -0.138. The Morgan fingerprint density at radius 3 is 2.32 bits per heavy atom. The van der Waals surface area contributed by atoms with Crippen LogP contribution in [0.1, 0.15) is 23.1 Å². The summed E-state index contributed by atoms with van der Waals surface area (Å²) in [6.45, 7) is 0.816. The lowest BCUT2D eigenvalue weighted by Crippen LogP contribution is -2.20. The minimum Gasteiger partial charge on any atom is -0.330 e. The van der Waals surface area contributed by atoms with Crippen molar-refractivity contribution in [2.75, 3.05) is 18.4 Å². The van der Waals surface area contributed by atoms with Gasteiger partial charge in [0.25, 0.3) is 5.56 Å². The van der Waals surface area contributed by atoms with Gasteiger partial charge >= 0.3 is 12.4 Å². The maximum Gasteiger partial charge on any atom is 0.418 e. The van der Waals surface area contributed by atoms with E-state index >= 15 is 0 Å². The Morgan fingerprint density at radius 2 is 1.68 bits per heavy atom. The number of para-hydroxylation sites is 1. The van der Waals surface area contributed by atoms with Crippen molar-refractivity contribution >= 4 is 11.6 Å². The number of nitrogens with one attached hydrogen (secondary N) is 3. The van der Waals surface area contributed by atoms with Gasteiger partial charge in [-0.1, -0.05) is 24.3 Å². The zero-order chi connectivity index (χ0) is 24.9. The molecule has 0 saturated carbocycles. The van der Waals surface area contributed by atoms with Crippen LogP contribution in [0.4, 0.5) is 38.0 Å². The van der Waals surface area contributed by atoms with E-state index in [9.17, 15) is 31.1 Å². The van der Waals surface area contributed by atoms with Crippen molar-refractivity contribution in [1.82, 2.24) is 15.3 Å². The summed E-state index contributed by atoms with van der Waals surface area (Å²) in [5.74, 6) is -0.290. The zero-order valence-corrected chi connectivity index (χ0v) is 17.6. The van der Waals surface area contributed by atoms with Gasteiger partial charge in [0.1, 0.15) is 0 Å². The van der Waals surface area contributed by atoms with Gasteiger partial charge in [0.05, 0.1) is 22.4 Å². The van der Waals surface area contributed by atoms with E-state index in [-0.39, 0.29) is 34.9 Å². The predicted octanol–water partition coefficient (Wildman–Crippen LogP) is 4.66. The predicted molar refractivity (Wildman–Crippen MR) is 115 cm³/mol. The molecule has 3 aromatic rings. The molecule has 34 heavy (non-hydrogen) atoms. The number of H-pyrrole nitrogens is 1. The van der Waals surface area contributed by atoms with Gasteiger partial charge in [0.15, 0.2) is 0 Å². The van der Waals surface area contributed by atoms with Crippen molar-refractivity contribution in [2.24, 2.45) is 5.73 Å². The number of halogens is 6. The molecule has 0 aliphatic carbocycles. The Bertz CT molecular complexity index is 1190. The minimum absolute atomic E-state index is 0.000274. The Kier molecular flexibility index (Phi) is 7.62. The van der Waals surface area contributed by atoms with Crippen LogP contribution in [0.5, 0.6) is 0 Å². The molecule has 2 aromatic carbocycles. The Hall–Kier alpha value is -3.38. The van der Waals surface area contributed by atoms with E-state index < -0.39 is 29.0 Å². The molecule has 0 saturated heterocycles. The lowest BCUT2D eigenvalue weighted by Gasteiger charge is -2.16. The quantitative estimate of drug-likeness (QED) is 0.275. The zero-order valence-electron chi connectivity index (χ0n) is 17.6. The molecule has 12 heteroatoms. The highest BCUT2D eigenvalue weighted by Gasteiger charge is 2.34. The smallest absolute Gasteiger partial charge is 0.330 e. The van der Waals surface area contributed by atoms with Crippen molar-refractivity contribution in [1.29, 1.82) is 0 Å². The number of nitrogens with zero attached hydrogens (tertiary/aromatic N) is 1. The molecule has 0 aliphatic rings. The summed E-state index contributed by atoms with van der Waals surface area (Å²) >= 11 is 0. The molecule has 1 heterocycles. The third-order valence-corrected chi connectivity index (χ3v) is 4.88. The van der Waals surface area contributed by atoms with E-state index in [1.54, 1.807) is 0 Å². The Morgan fingerprint density at radius 1 is 0.971 bits per heavy atom. The fourth-order valence-corrected chi connectivity index (χ4v) is 3.24. The average Bonchev–Trinajstić information content (AvgIpc) is 2.76. The fraction of sp³-hybridized carbons (Fsp3) is 0.273. The highest BCUT2D eigenvalue weighted by molar-refractivity contribution is 5.65. The lowest BCUT2D eigenvalue weighted by atomic mass is 10.00. The summed E-state index contributed by atoms with van der Waals surface area (Å²) in [4.78, 5) is 18.7. The molecule has 182 valence electrons. The molecular weight excluding hydrogens is 464 g/mol. The van der Waals surface area contributed by atoms with Crippen LogP contribution >= 0.6 is 0 Å². The molecule has 0 fully saturated rings. The largest absolute Gasteiger partial charge is 0.418 e. The minimum atomic E-state index is -4.66. The van der Waals surface area contributed by atoms with Gasteiger partial charge in [0, 0.05) is 12.7 Å².